The predicted octanol–water partition coefficient (Wildman–Crippen LogP) is 2.02. The van der Waals surface area contributed by atoms with Gasteiger partial charge in [-0.1, -0.05) is 20.3 Å². The van der Waals surface area contributed by atoms with Gasteiger partial charge in [-0.25, -0.2) is 0 Å². The lowest BCUT2D eigenvalue weighted by atomic mass is 9.93. The first-order valence-corrected chi connectivity index (χ1v) is 6.71. The minimum Gasteiger partial charge on any atom is -0.342 e. The van der Waals surface area contributed by atoms with Crippen molar-refractivity contribution >= 4 is 5.91 Å². The topological polar surface area (TPSA) is 32.3 Å². The summed E-state index contributed by atoms with van der Waals surface area (Å²) in [6, 6.07) is 0.0700. The van der Waals surface area contributed by atoms with Crippen molar-refractivity contribution in [1.29, 1.82) is 0 Å². The summed E-state index contributed by atoms with van der Waals surface area (Å²) in [7, 11) is 0. The van der Waals surface area contributed by atoms with Crippen molar-refractivity contribution in [2.24, 2.45) is 5.92 Å². The van der Waals surface area contributed by atoms with E-state index < -0.39 is 0 Å². The van der Waals surface area contributed by atoms with E-state index in [2.05, 4.69) is 26.1 Å². The van der Waals surface area contributed by atoms with Gasteiger partial charge in [-0.15, -0.1) is 0 Å². The fraction of sp³-hybridized carbons (Fsp3) is 0.923. The maximum absolute atomic E-state index is 12.2. The number of rotatable bonds is 5. The molecule has 1 N–H and O–H groups in total. The summed E-state index contributed by atoms with van der Waals surface area (Å²) in [6.07, 6.45) is 4.46. The first kappa shape index (κ1) is 13.5. The smallest absolute Gasteiger partial charge is 0.239 e. The quantitative estimate of drug-likeness (QED) is 0.778. The molecule has 1 rings (SSSR count). The van der Waals surface area contributed by atoms with Crippen molar-refractivity contribution in [2.75, 3.05) is 19.6 Å². The van der Waals surface area contributed by atoms with Crippen LogP contribution in [0, 0.1) is 5.92 Å². The van der Waals surface area contributed by atoms with Gasteiger partial charge in [0.15, 0.2) is 0 Å². The zero-order chi connectivity index (χ0) is 12.0. The average Bonchev–Trinajstić information content (AvgIpc) is 2.29. The molecule has 0 aliphatic carbocycles. The number of hydrogen-bond donors (Lipinski definition) is 1. The first-order valence-electron chi connectivity index (χ1n) is 6.71. The van der Waals surface area contributed by atoms with E-state index in [4.69, 9.17) is 0 Å². The second-order valence-corrected chi connectivity index (χ2v) is 4.91. The van der Waals surface area contributed by atoms with Crippen LogP contribution < -0.4 is 5.32 Å². The van der Waals surface area contributed by atoms with Crippen LogP contribution >= 0.6 is 0 Å². The van der Waals surface area contributed by atoms with Crippen molar-refractivity contribution in [3.63, 3.8) is 0 Å². The molecule has 16 heavy (non-hydrogen) atoms. The third-order valence-corrected chi connectivity index (χ3v) is 3.44. The highest BCUT2D eigenvalue weighted by molar-refractivity contribution is 5.82. The number of carbonyl (C=O) groups is 1. The van der Waals surface area contributed by atoms with Crippen LogP contribution in [0.4, 0.5) is 0 Å². The Morgan fingerprint density at radius 2 is 2.19 bits per heavy atom. The molecule has 1 fully saturated rings. The van der Waals surface area contributed by atoms with Crippen LogP contribution in [0.2, 0.25) is 0 Å². The molecular formula is C13H26N2O. The van der Waals surface area contributed by atoms with Gasteiger partial charge in [-0.3, -0.25) is 4.79 Å². The fourth-order valence-electron chi connectivity index (χ4n) is 2.29. The minimum absolute atomic E-state index is 0.0700. The lowest BCUT2D eigenvalue weighted by molar-refractivity contribution is -0.134. The van der Waals surface area contributed by atoms with Gasteiger partial charge < -0.3 is 10.2 Å². The van der Waals surface area contributed by atoms with Gasteiger partial charge in [0.25, 0.3) is 0 Å². The summed E-state index contributed by atoms with van der Waals surface area (Å²) in [5.41, 5.74) is 0. The largest absolute Gasteiger partial charge is 0.342 e. The van der Waals surface area contributed by atoms with Gasteiger partial charge in [0.05, 0.1) is 6.04 Å². The number of carbonyl (C=O) groups excluding carboxylic acids is 1. The van der Waals surface area contributed by atoms with Crippen LogP contribution in [-0.4, -0.2) is 36.5 Å². The molecule has 1 heterocycles. The number of hydrogen-bond acceptors (Lipinski definition) is 2. The molecule has 0 spiro atoms. The summed E-state index contributed by atoms with van der Waals surface area (Å²) in [4.78, 5) is 14.2. The third-order valence-electron chi connectivity index (χ3n) is 3.44. The van der Waals surface area contributed by atoms with E-state index in [-0.39, 0.29) is 6.04 Å². The molecule has 2 unspecified atom stereocenters. The Balaban J connectivity index is 2.46. The highest BCUT2D eigenvalue weighted by atomic mass is 16.2. The molecule has 0 saturated carbocycles. The maximum Gasteiger partial charge on any atom is 0.239 e. The van der Waals surface area contributed by atoms with Gasteiger partial charge >= 0.3 is 0 Å². The Labute approximate surface area is 99.6 Å². The first-order chi connectivity index (χ1) is 7.69. The Kier molecular flexibility index (Phi) is 5.81. The van der Waals surface area contributed by atoms with Crippen molar-refractivity contribution in [3.8, 4) is 0 Å². The van der Waals surface area contributed by atoms with Crippen LogP contribution in [-0.2, 0) is 4.79 Å². The predicted molar refractivity (Wildman–Crippen MR) is 67.4 cm³/mol. The van der Waals surface area contributed by atoms with Crippen LogP contribution in [0.25, 0.3) is 0 Å². The molecule has 1 amide bonds. The molecule has 0 aromatic carbocycles. The van der Waals surface area contributed by atoms with E-state index >= 15 is 0 Å². The van der Waals surface area contributed by atoms with Gasteiger partial charge in [0.2, 0.25) is 5.91 Å². The molecule has 94 valence electrons. The highest BCUT2D eigenvalue weighted by Gasteiger charge is 2.27. The second-order valence-electron chi connectivity index (χ2n) is 4.91. The van der Waals surface area contributed by atoms with Crippen molar-refractivity contribution in [1.82, 2.24) is 10.2 Å². The second kappa shape index (κ2) is 6.89. The normalized spacial score (nSPS) is 25.4. The standard InChI is InChI=1S/C13H26N2O/c1-4-6-9-15(5-2)13(16)12-10-11(3)7-8-14-12/h11-12,14H,4-10H2,1-3H3. The van der Waals surface area contributed by atoms with Crippen LogP contribution in [0.15, 0.2) is 0 Å². The fourth-order valence-corrected chi connectivity index (χ4v) is 2.29. The third kappa shape index (κ3) is 3.78. The molecule has 0 radical (unpaired) electrons. The van der Waals surface area contributed by atoms with Crippen LogP contribution in [0.1, 0.15) is 46.5 Å². The molecule has 0 bridgehead atoms. The summed E-state index contributed by atoms with van der Waals surface area (Å²) in [6.45, 7) is 9.22. The number of piperidine rings is 1. The molecule has 1 aliphatic rings. The zero-order valence-corrected chi connectivity index (χ0v) is 11.0. The maximum atomic E-state index is 12.2. The van der Waals surface area contributed by atoms with Gasteiger partial charge in [0, 0.05) is 13.1 Å². The van der Waals surface area contributed by atoms with E-state index in [9.17, 15) is 4.79 Å². The number of likely N-dealkylation sites (N-methyl/N-ethyl adjacent to an activating group) is 1. The molecule has 1 saturated heterocycles. The van der Waals surface area contributed by atoms with Crippen molar-refractivity contribution in [2.45, 2.75) is 52.5 Å². The van der Waals surface area contributed by atoms with Crippen molar-refractivity contribution in [3.05, 3.63) is 0 Å². The van der Waals surface area contributed by atoms with Gasteiger partial charge in [0.1, 0.15) is 0 Å². The lowest BCUT2D eigenvalue weighted by Gasteiger charge is -2.31. The summed E-state index contributed by atoms with van der Waals surface area (Å²) >= 11 is 0. The lowest BCUT2D eigenvalue weighted by Crippen LogP contribution is -2.50. The zero-order valence-electron chi connectivity index (χ0n) is 11.0. The average molecular weight is 226 g/mol. The van der Waals surface area contributed by atoms with Gasteiger partial charge in [-0.05, 0) is 38.6 Å². The number of nitrogens with one attached hydrogen (secondary N) is 1. The van der Waals surface area contributed by atoms with Gasteiger partial charge in [-0.2, -0.15) is 0 Å². The molecule has 3 nitrogen and oxygen atoms in total. The molecule has 0 aromatic rings. The van der Waals surface area contributed by atoms with Crippen LogP contribution in [0.5, 0.6) is 0 Å². The summed E-state index contributed by atoms with van der Waals surface area (Å²) < 4.78 is 0. The summed E-state index contributed by atoms with van der Waals surface area (Å²) in [5.74, 6) is 0.989. The number of unbranched alkanes of at least 4 members (excludes halogenated alkanes) is 1. The minimum atomic E-state index is 0.0700. The molecule has 3 heteroatoms. The summed E-state index contributed by atoms with van der Waals surface area (Å²) in [5, 5.41) is 3.35. The Hall–Kier alpha value is -0.570. The van der Waals surface area contributed by atoms with E-state index in [1.165, 1.54) is 6.42 Å². The number of amides is 1. The molecule has 0 aromatic heterocycles. The van der Waals surface area contributed by atoms with E-state index in [1.807, 2.05) is 4.90 Å². The van der Waals surface area contributed by atoms with Crippen molar-refractivity contribution < 1.29 is 4.79 Å². The molecule has 2 atom stereocenters. The van der Waals surface area contributed by atoms with E-state index in [1.54, 1.807) is 0 Å². The van der Waals surface area contributed by atoms with E-state index in [0.29, 0.717) is 11.8 Å². The Bertz CT molecular complexity index is 218. The molecular weight excluding hydrogens is 200 g/mol. The Morgan fingerprint density at radius 1 is 1.44 bits per heavy atom. The number of nitrogens with zero attached hydrogens (tertiary/aromatic N) is 1. The Morgan fingerprint density at radius 3 is 2.75 bits per heavy atom. The van der Waals surface area contributed by atoms with E-state index in [0.717, 1.165) is 38.9 Å². The highest BCUT2D eigenvalue weighted by Crippen LogP contribution is 2.16. The monoisotopic (exact) mass is 226 g/mol. The SMILES string of the molecule is CCCCN(CC)C(=O)C1CC(C)CCN1. The molecule has 1 aliphatic heterocycles. The van der Waals surface area contributed by atoms with Crippen LogP contribution in [0.3, 0.4) is 0 Å².